The third-order valence-corrected chi connectivity index (χ3v) is 4.06. The van der Waals surface area contributed by atoms with Crippen molar-refractivity contribution in [3.8, 4) is 0 Å². The molecule has 0 spiro atoms. The topological polar surface area (TPSA) is 21.3 Å². The van der Waals surface area contributed by atoms with Crippen LogP contribution in [0.25, 0.3) is 0 Å². The summed E-state index contributed by atoms with van der Waals surface area (Å²) >= 11 is 0. The van der Waals surface area contributed by atoms with Gasteiger partial charge in [0.15, 0.2) is 0 Å². The molecule has 88 valence electrons. The van der Waals surface area contributed by atoms with Gasteiger partial charge in [0.1, 0.15) is 0 Å². The minimum absolute atomic E-state index is 0.475. The van der Waals surface area contributed by atoms with E-state index in [2.05, 4.69) is 12.2 Å². The van der Waals surface area contributed by atoms with E-state index in [0.717, 1.165) is 18.6 Å². The number of hydrogen-bond acceptors (Lipinski definition) is 2. The van der Waals surface area contributed by atoms with Crippen LogP contribution in [-0.2, 0) is 4.74 Å². The fourth-order valence-electron chi connectivity index (χ4n) is 2.85. The van der Waals surface area contributed by atoms with Crippen LogP contribution in [-0.4, -0.2) is 25.3 Å². The molecule has 2 rings (SSSR count). The average molecular weight is 211 g/mol. The van der Waals surface area contributed by atoms with Crippen molar-refractivity contribution in [1.29, 1.82) is 0 Å². The third-order valence-electron chi connectivity index (χ3n) is 4.06. The second kappa shape index (κ2) is 5.86. The zero-order valence-electron chi connectivity index (χ0n) is 10.0. The van der Waals surface area contributed by atoms with Crippen molar-refractivity contribution >= 4 is 0 Å². The molecule has 0 bridgehead atoms. The predicted molar refractivity (Wildman–Crippen MR) is 63.0 cm³/mol. The summed E-state index contributed by atoms with van der Waals surface area (Å²) in [5.41, 5.74) is 0. The molecule has 2 atom stereocenters. The van der Waals surface area contributed by atoms with Crippen LogP contribution in [0.3, 0.4) is 0 Å². The van der Waals surface area contributed by atoms with Crippen LogP contribution < -0.4 is 5.32 Å². The van der Waals surface area contributed by atoms with Crippen LogP contribution >= 0.6 is 0 Å². The Balaban J connectivity index is 1.67. The molecule has 1 saturated heterocycles. The van der Waals surface area contributed by atoms with E-state index < -0.39 is 0 Å². The second-order valence-electron chi connectivity index (χ2n) is 5.22. The zero-order valence-corrected chi connectivity index (χ0v) is 10.0. The van der Waals surface area contributed by atoms with Crippen molar-refractivity contribution in [2.24, 2.45) is 5.92 Å². The largest absolute Gasteiger partial charge is 0.378 e. The summed E-state index contributed by atoms with van der Waals surface area (Å²) in [5, 5.41) is 3.75. The summed E-state index contributed by atoms with van der Waals surface area (Å²) in [7, 11) is 0. The molecule has 1 aliphatic heterocycles. The summed E-state index contributed by atoms with van der Waals surface area (Å²) in [6.07, 6.45) is 10.2. The minimum Gasteiger partial charge on any atom is -0.378 e. The average Bonchev–Trinajstić information content (AvgIpc) is 2.53. The predicted octanol–water partition coefficient (Wildman–Crippen LogP) is 2.72. The lowest BCUT2D eigenvalue weighted by atomic mass is 10.0. The Hall–Kier alpha value is -0.0800. The summed E-state index contributed by atoms with van der Waals surface area (Å²) < 4.78 is 5.59. The van der Waals surface area contributed by atoms with Crippen molar-refractivity contribution in [3.63, 3.8) is 0 Å². The first kappa shape index (κ1) is 11.4. The van der Waals surface area contributed by atoms with Gasteiger partial charge in [0, 0.05) is 19.2 Å². The highest BCUT2D eigenvalue weighted by atomic mass is 16.5. The van der Waals surface area contributed by atoms with Gasteiger partial charge in [-0.2, -0.15) is 0 Å². The van der Waals surface area contributed by atoms with E-state index in [1.54, 1.807) is 0 Å². The second-order valence-corrected chi connectivity index (χ2v) is 5.22. The molecule has 1 aliphatic carbocycles. The summed E-state index contributed by atoms with van der Waals surface area (Å²) in [4.78, 5) is 0. The maximum atomic E-state index is 5.59. The fraction of sp³-hybridized carbons (Fsp3) is 1.00. The highest BCUT2D eigenvalue weighted by Crippen LogP contribution is 2.21. The lowest BCUT2D eigenvalue weighted by Crippen LogP contribution is -2.35. The Bertz CT molecular complexity index is 175. The van der Waals surface area contributed by atoms with E-state index >= 15 is 0 Å². The van der Waals surface area contributed by atoms with Gasteiger partial charge < -0.3 is 10.1 Å². The maximum Gasteiger partial charge on any atom is 0.0588 e. The molecule has 0 aromatic carbocycles. The van der Waals surface area contributed by atoms with Crippen molar-refractivity contribution in [2.45, 2.75) is 64.0 Å². The standard InChI is InChI=1S/C13H25NO/c1-11-12(8-9-15-11)10-14-13-6-4-2-3-5-7-13/h11-14H,2-10H2,1H3. The van der Waals surface area contributed by atoms with Crippen molar-refractivity contribution in [1.82, 2.24) is 5.32 Å². The number of nitrogens with one attached hydrogen (secondary N) is 1. The molecular weight excluding hydrogens is 186 g/mol. The fourth-order valence-corrected chi connectivity index (χ4v) is 2.85. The van der Waals surface area contributed by atoms with E-state index in [-0.39, 0.29) is 0 Å². The number of rotatable bonds is 3. The van der Waals surface area contributed by atoms with Gasteiger partial charge in [-0.1, -0.05) is 25.7 Å². The Labute approximate surface area is 93.8 Å². The van der Waals surface area contributed by atoms with Gasteiger partial charge in [-0.3, -0.25) is 0 Å². The molecule has 1 heterocycles. The first-order valence-corrected chi connectivity index (χ1v) is 6.71. The van der Waals surface area contributed by atoms with E-state index in [1.807, 2.05) is 0 Å². The van der Waals surface area contributed by atoms with Crippen LogP contribution in [0.5, 0.6) is 0 Å². The number of ether oxygens (including phenoxy) is 1. The Morgan fingerprint density at radius 3 is 2.40 bits per heavy atom. The van der Waals surface area contributed by atoms with Crippen molar-refractivity contribution < 1.29 is 4.74 Å². The third kappa shape index (κ3) is 3.46. The van der Waals surface area contributed by atoms with Gasteiger partial charge >= 0.3 is 0 Å². The molecule has 0 radical (unpaired) electrons. The Morgan fingerprint density at radius 1 is 1.07 bits per heavy atom. The van der Waals surface area contributed by atoms with Gasteiger partial charge in [0.05, 0.1) is 6.10 Å². The molecular formula is C13H25NO. The van der Waals surface area contributed by atoms with Crippen molar-refractivity contribution in [2.75, 3.05) is 13.2 Å². The van der Waals surface area contributed by atoms with Crippen LogP contribution in [0.4, 0.5) is 0 Å². The first-order valence-electron chi connectivity index (χ1n) is 6.71. The molecule has 15 heavy (non-hydrogen) atoms. The molecule has 2 nitrogen and oxygen atoms in total. The molecule has 1 saturated carbocycles. The molecule has 2 aliphatic rings. The minimum atomic E-state index is 0.475. The van der Waals surface area contributed by atoms with Crippen LogP contribution in [0.1, 0.15) is 51.9 Å². The van der Waals surface area contributed by atoms with Crippen LogP contribution in [0.2, 0.25) is 0 Å². The molecule has 0 amide bonds. The Kier molecular flexibility index (Phi) is 4.45. The highest BCUT2D eigenvalue weighted by Gasteiger charge is 2.24. The number of hydrogen-bond donors (Lipinski definition) is 1. The molecule has 0 aromatic rings. The zero-order chi connectivity index (χ0) is 10.5. The van der Waals surface area contributed by atoms with Gasteiger partial charge in [0.25, 0.3) is 0 Å². The smallest absolute Gasteiger partial charge is 0.0588 e. The van der Waals surface area contributed by atoms with Gasteiger partial charge in [0.2, 0.25) is 0 Å². The van der Waals surface area contributed by atoms with E-state index in [9.17, 15) is 0 Å². The van der Waals surface area contributed by atoms with Gasteiger partial charge in [-0.25, -0.2) is 0 Å². The molecule has 2 fully saturated rings. The van der Waals surface area contributed by atoms with Crippen molar-refractivity contribution in [3.05, 3.63) is 0 Å². The molecule has 2 unspecified atom stereocenters. The normalized spacial score (nSPS) is 34.2. The highest BCUT2D eigenvalue weighted by molar-refractivity contribution is 4.78. The SMILES string of the molecule is CC1OCCC1CNC1CCCCCC1. The lowest BCUT2D eigenvalue weighted by molar-refractivity contribution is 0.104. The van der Waals surface area contributed by atoms with E-state index in [1.165, 1.54) is 51.5 Å². The quantitative estimate of drug-likeness (QED) is 0.725. The van der Waals surface area contributed by atoms with Gasteiger partial charge in [-0.15, -0.1) is 0 Å². The lowest BCUT2D eigenvalue weighted by Gasteiger charge is -2.20. The van der Waals surface area contributed by atoms with E-state index in [0.29, 0.717) is 6.10 Å². The molecule has 0 aromatic heterocycles. The van der Waals surface area contributed by atoms with Crippen LogP contribution in [0, 0.1) is 5.92 Å². The maximum absolute atomic E-state index is 5.59. The first-order chi connectivity index (χ1) is 7.36. The van der Waals surface area contributed by atoms with Crippen LogP contribution in [0.15, 0.2) is 0 Å². The van der Waals surface area contributed by atoms with E-state index in [4.69, 9.17) is 4.74 Å². The monoisotopic (exact) mass is 211 g/mol. The Morgan fingerprint density at radius 2 is 1.80 bits per heavy atom. The molecule has 1 N–H and O–H groups in total. The summed E-state index contributed by atoms with van der Waals surface area (Å²) in [6.45, 7) is 4.36. The summed E-state index contributed by atoms with van der Waals surface area (Å²) in [5.74, 6) is 0.758. The summed E-state index contributed by atoms with van der Waals surface area (Å²) in [6, 6.07) is 0.792. The van der Waals surface area contributed by atoms with Gasteiger partial charge in [-0.05, 0) is 32.1 Å². The molecule has 2 heteroatoms.